The SMILES string of the molecule is COC(=O)c1ccc2c(c1)nc(Nc1cccc(Cl)c1)c1ccsc12. The van der Waals surface area contributed by atoms with Crippen molar-refractivity contribution in [2.75, 3.05) is 12.4 Å². The number of fused-ring (bicyclic) bond motifs is 3. The number of benzene rings is 2. The summed E-state index contributed by atoms with van der Waals surface area (Å²) in [6.45, 7) is 0. The number of nitrogens with one attached hydrogen (secondary N) is 1. The molecule has 0 unspecified atom stereocenters. The van der Waals surface area contributed by atoms with Gasteiger partial charge in [-0.15, -0.1) is 11.3 Å². The van der Waals surface area contributed by atoms with Crippen molar-refractivity contribution < 1.29 is 9.53 Å². The molecule has 0 saturated heterocycles. The number of hydrogen-bond acceptors (Lipinski definition) is 5. The van der Waals surface area contributed by atoms with Crippen LogP contribution in [0.2, 0.25) is 5.02 Å². The topological polar surface area (TPSA) is 51.2 Å². The number of methoxy groups -OCH3 is 1. The molecule has 0 amide bonds. The number of hydrogen-bond donors (Lipinski definition) is 1. The highest BCUT2D eigenvalue weighted by Gasteiger charge is 2.13. The molecule has 0 bridgehead atoms. The molecule has 4 rings (SSSR count). The molecule has 0 saturated carbocycles. The van der Waals surface area contributed by atoms with Crippen LogP contribution in [0.1, 0.15) is 10.4 Å². The summed E-state index contributed by atoms with van der Waals surface area (Å²) < 4.78 is 5.92. The highest BCUT2D eigenvalue weighted by atomic mass is 35.5. The van der Waals surface area contributed by atoms with E-state index in [0.717, 1.165) is 32.5 Å². The normalized spacial score (nSPS) is 11.0. The van der Waals surface area contributed by atoms with Crippen molar-refractivity contribution in [2.24, 2.45) is 0 Å². The smallest absolute Gasteiger partial charge is 0.337 e. The summed E-state index contributed by atoms with van der Waals surface area (Å²) in [4.78, 5) is 16.5. The summed E-state index contributed by atoms with van der Waals surface area (Å²) in [5, 5.41) is 8.05. The predicted molar refractivity (Wildman–Crippen MR) is 103 cm³/mol. The molecule has 0 aliphatic heterocycles. The average molecular weight is 369 g/mol. The molecule has 4 nitrogen and oxygen atoms in total. The second-order valence-corrected chi connectivity index (χ2v) is 6.84. The first-order valence-electron chi connectivity index (χ1n) is 7.57. The third-order valence-corrected chi connectivity index (χ3v) is 5.09. The van der Waals surface area contributed by atoms with Gasteiger partial charge in [-0.1, -0.05) is 23.7 Å². The Morgan fingerprint density at radius 1 is 1.16 bits per heavy atom. The average Bonchev–Trinajstić information content (AvgIpc) is 3.11. The first-order valence-corrected chi connectivity index (χ1v) is 8.83. The largest absolute Gasteiger partial charge is 0.465 e. The van der Waals surface area contributed by atoms with E-state index in [1.165, 1.54) is 7.11 Å². The van der Waals surface area contributed by atoms with E-state index < -0.39 is 0 Å². The van der Waals surface area contributed by atoms with E-state index in [4.69, 9.17) is 21.3 Å². The number of aromatic nitrogens is 1. The van der Waals surface area contributed by atoms with E-state index in [9.17, 15) is 4.79 Å². The highest BCUT2D eigenvalue weighted by Crippen LogP contribution is 2.35. The molecule has 0 aliphatic rings. The summed E-state index contributed by atoms with van der Waals surface area (Å²) in [5.41, 5.74) is 2.07. The van der Waals surface area contributed by atoms with Gasteiger partial charge in [-0.25, -0.2) is 9.78 Å². The minimum atomic E-state index is -0.376. The number of thiophene rings is 1. The Hall–Kier alpha value is -2.63. The Bertz CT molecular complexity index is 1110. The number of carbonyl (C=O) groups excluding carboxylic acids is 1. The second-order valence-electron chi connectivity index (χ2n) is 5.48. The Morgan fingerprint density at radius 2 is 2.04 bits per heavy atom. The molecule has 0 spiro atoms. The Morgan fingerprint density at radius 3 is 2.84 bits per heavy atom. The number of halogens is 1. The van der Waals surface area contributed by atoms with E-state index >= 15 is 0 Å². The summed E-state index contributed by atoms with van der Waals surface area (Å²) >= 11 is 7.71. The summed E-state index contributed by atoms with van der Waals surface area (Å²) in [6, 6.07) is 14.9. The monoisotopic (exact) mass is 368 g/mol. The number of rotatable bonds is 3. The van der Waals surface area contributed by atoms with Crippen LogP contribution in [0.4, 0.5) is 11.5 Å². The van der Waals surface area contributed by atoms with Crippen molar-refractivity contribution in [3.8, 4) is 0 Å². The van der Waals surface area contributed by atoms with Crippen molar-refractivity contribution in [1.82, 2.24) is 4.98 Å². The number of nitrogens with zero attached hydrogens (tertiary/aromatic N) is 1. The van der Waals surface area contributed by atoms with E-state index in [2.05, 4.69) is 5.32 Å². The summed E-state index contributed by atoms with van der Waals surface area (Å²) in [5.74, 6) is 0.354. The highest BCUT2D eigenvalue weighted by molar-refractivity contribution is 7.18. The van der Waals surface area contributed by atoms with Crippen molar-refractivity contribution in [3.05, 3.63) is 64.5 Å². The van der Waals surface area contributed by atoms with Crippen LogP contribution in [0.25, 0.3) is 21.0 Å². The third-order valence-electron chi connectivity index (χ3n) is 3.90. The molecule has 2 aromatic heterocycles. The van der Waals surface area contributed by atoms with Gasteiger partial charge in [0.2, 0.25) is 0 Å². The van der Waals surface area contributed by atoms with Crippen LogP contribution in [0.15, 0.2) is 53.9 Å². The fourth-order valence-corrected chi connectivity index (χ4v) is 3.87. The zero-order chi connectivity index (χ0) is 17.4. The van der Waals surface area contributed by atoms with Gasteiger partial charge in [-0.2, -0.15) is 0 Å². The molecule has 6 heteroatoms. The molecule has 0 atom stereocenters. The van der Waals surface area contributed by atoms with E-state index in [0.29, 0.717) is 10.6 Å². The molecule has 4 aromatic rings. The van der Waals surface area contributed by atoms with Crippen molar-refractivity contribution >= 4 is 61.4 Å². The molecule has 124 valence electrons. The van der Waals surface area contributed by atoms with Crippen LogP contribution in [0.3, 0.4) is 0 Å². The number of carbonyl (C=O) groups is 1. The van der Waals surface area contributed by atoms with Crippen molar-refractivity contribution in [3.63, 3.8) is 0 Å². The third kappa shape index (κ3) is 2.92. The maximum atomic E-state index is 11.8. The number of anilines is 2. The molecular formula is C19H13ClN2O2S. The van der Waals surface area contributed by atoms with Crippen LogP contribution in [0, 0.1) is 0 Å². The first kappa shape index (κ1) is 15.9. The molecular weight excluding hydrogens is 356 g/mol. The second kappa shape index (κ2) is 6.35. The molecule has 1 N–H and O–H groups in total. The van der Waals surface area contributed by atoms with E-state index in [1.807, 2.05) is 41.8 Å². The maximum Gasteiger partial charge on any atom is 0.337 e. The van der Waals surface area contributed by atoms with Crippen LogP contribution >= 0.6 is 22.9 Å². The lowest BCUT2D eigenvalue weighted by molar-refractivity contribution is 0.0601. The van der Waals surface area contributed by atoms with Crippen molar-refractivity contribution in [1.29, 1.82) is 0 Å². The summed E-state index contributed by atoms with van der Waals surface area (Å²) in [6.07, 6.45) is 0. The van der Waals surface area contributed by atoms with Gasteiger partial charge in [0, 0.05) is 26.2 Å². The fraction of sp³-hybridized carbons (Fsp3) is 0.0526. The van der Waals surface area contributed by atoms with Crippen LogP contribution < -0.4 is 5.32 Å². The van der Waals surface area contributed by atoms with Gasteiger partial charge in [0.25, 0.3) is 0 Å². The van der Waals surface area contributed by atoms with Gasteiger partial charge in [0.15, 0.2) is 0 Å². The molecule has 0 fully saturated rings. The molecule has 25 heavy (non-hydrogen) atoms. The van der Waals surface area contributed by atoms with Crippen LogP contribution in [0.5, 0.6) is 0 Å². The number of pyridine rings is 1. The lowest BCUT2D eigenvalue weighted by Crippen LogP contribution is -2.01. The Balaban J connectivity index is 1.89. The Labute approximate surface area is 153 Å². The zero-order valence-electron chi connectivity index (χ0n) is 13.2. The lowest BCUT2D eigenvalue weighted by Gasteiger charge is -2.10. The van der Waals surface area contributed by atoms with Gasteiger partial charge < -0.3 is 10.1 Å². The minimum absolute atomic E-state index is 0.376. The Kier molecular flexibility index (Phi) is 4.03. The standard InChI is InChI=1S/C19H13ClN2O2S/c1-24-19(23)11-5-6-14-16(9-11)22-18(15-7-8-25-17(14)15)21-13-4-2-3-12(20)10-13/h2-10H,1H3,(H,21,22). The predicted octanol–water partition coefficient (Wildman–Crippen LogP) is 5.63. The molecule has 0 aliphatic carbocycles. The van der Waals surface area contributed by atoms with E-state index in [1.54, 1.807) is 23.5 Å². The lowest BCUT2D eigenvalue weighted by atomic mass is 10.1. The molecule has 2 aromatic carbocycles. The van der Waals surface area contributed by atoms with Crippen LogP contribution in [-0.4, -0.2) is 18.1 Å². The van der Waals surface area contributed by atoms with Crippen LogP contribution in [-0.2, 0) is 4.74 Å². The quantitative estimate of drug-likeness (QED) is 0.476. The number of ether oxygens (including phenoxy) is 1. The van der Waals surface area contributed by atoms with Gasteiger partial charge in [-0.05, 0) is 41.8 Å². The van der Waals surface area contributed by atoms with Gasteiger partial charge >= 0.3 is 5.97 Å². The van der Waals surface area contributed by atoms with Gasteiger partial charge in [0.1, 0.15) is 5.82 Å². The van der Waals surface area contributed by atoms with Gasteiger partial charge in [0.05, 0.1) is 18.2 Å². The zero-order valence-corrected chi connectivity index (χ0v) is 14.8. The van der Waals surface area contributed by atoms with Crippen molar-refractivity contribution in [2.45, 2.75) is 0 Å². The fourth-order valence-electron chi connectivity index (χ4n) is 2.74. The minimum Gasteiger partial charge on any atom is -0.465 e. The molecule has 2 heterocycles. The molecule has 0 radical (unpaired) electrons. The first-order chi connectivity index (χ1) is 12.2. The summed E-state index contributed by atoms with van der Waals surface area (Å²) in [7, 11) is 1.37. The number of esters is 1. The maximum absolute atomic E-state index is 11.8. The van der Waals surface area contributed by atoms with Gasteiger partial charge in [-0.3, -0.25) is 0 Å². The van der Waals surface area contributed by atoms with E-state index in [-0.39, 0.29) is 5.97 Å².